The van der Waals surface area contributed by atoms with Crippen molar-refractivity contribution in [1.82, 2.24) is 0 Å². The molecule has 0 amide bonds. The quantitative estimate of drug-likeness (QED) is 0.0264. The van der Waals surface area contributed by atoms with Crippen molar-refractivity contribution in [2.75, 3.05) is 26.4 Å². The number of carbonyl (C=O) groups is 2. The molecule has 0 aromatic heterocycles. The van der Waals surface area contributed by atoms with Gasteiger partial charge in [0.15, 0.2) is 6.10 Å². The van der Waals surface area contributed by atoms with Crippen LogP contribution in [0.4, 0.5) is 0 Å². The first-order valence-electron chi connectivity index (χ1n) is 28.8. The highest BCUT2D eigenvalue weighted by Crippen LogP contribution is 2.43. The second-order valence-corrected chi connectivity index (χ2v) is 20.6. The molecule has 2 atom stereocenters. The average Bonchev–Trinajstić information content (AvgIpc) is 3.34. The molecule has 0 aliphatic carbocycles. The number of carbonyl (C=O) groups excluding carboxylic acids is 2. The van der Waals surface area contributed by atoms with Gasteiger partial charge in [-0.25, -0.2) is 4.57 Å². The summed E-state index contributed by atoms with van der Waals surface area (Å²) in [5, 5.41) is 0. The van der Waals surface area contributed by atoms with E-state index in [-0.39, 0.29) is 38.6 Å². The van der Waals surface area contributed by atoms with Gasteiger partial charge in [-0.15, -0.1) is 0 Å². The van der Waals surface area contributed by atoms with E-state index in [4.69, 9.17) is 24.3 Å². The highest BCUT2D eigenvalue weighted by Gasteiger charge is 2.26. The van der Waals surface area contributed by atoms with Crippen molar-refractivity contribution in [3.8, 4) is 0 Å². The van der Waals surface area contributed by atoms with Gasteiger partial charge in [0.05, 0.1) is 13.2 Å². The normalized spacial score (nSPS) is 13.5. The number of hydrogen-bond donors (Lipinski definition) is 2. The molecule has 402 valence electrons. The molecule has 69 heavy (non-hydrogen) atoms. The Morgan fingerprint density at radius 1 is 0.435 bits per heavy atom. The maximum atomic E-state index is 12.7. The van der Waals surface area contributed by atoms with Crippen LogP contribution in [0.5, 0.6) is 0 Å². The molecule has 0 aromatic rings. The lowest BCUT2D eigenvalue weighted by Crippen LogP contribution is -2.29. The second-order valence-electron chi connectivity index (χ2n) is 19.2. The van der Waals surface area contributed by atoms with Gasteiger partial charge in [-0.2, -0.15) is 0 Å². The highest BCUT2D eigenvalue weighted by molar-refractivity contribution is 7.47. The van der Waals surface area contributed by atoms with Gasteiger partial charge < -0.3 is 20.1 Å². The summed E-state index contributed by atoms with van der Waals surface area (Å²) in [6.45, 7) is 3.72. The SMILES string of the molecule is CCCCC/C=C\C/C=C\CCCCCCCCCC(=O)OCC(COP(=O)(O)OCCN)OC(=O)CCCCCCCCCCCCCCCCCC/C=C\C/C=C\C/C=C\CCCCCCC. The molecule has 0 spiro atoms. The van der Waals surface area contributed by atoms with Gasteiger partial charge in [0.25, 0.3) is 0 Å². The fourth-order valence-electron chi connectivity index (χ4n) is 8.09. The Morgan fingerprint density at radius 3 is 1.14 bits per heavy atom. The minimum absolute atomic E-state index is 0.0513. The molecule has 10 heteroatoms. The molecule has 9 nitrogen and oxygen atoms in total. The van der Waals surface area contributed by atoms with Gasteiger partial charge in [-0.1, -0.05) is 235 Å². The smallest absolute Gasteiger partial charge is 0.462 e. The van der Waals surface area contributed by atoms with Crippen molar-refractivity contribution in [2.45, 2.75) is 277 Å². The van der Waals surface area contributed by atoms with E-state index < -0.39 is 26.5 Å². The molecule has 3 N–H and O–H groups in total. The predicted molar refractivity (Wildman–Crippen MR) is 293 cm³/mol. The van der Waals surface area contributed by atoms with E-state index in [1.165, 1.54) is 167 Å². The minimum Gasteiger partial charge on any atom is -0.462 e. The van der Waals surface area contributed by atoms with Crippen LogP contribution in [0, 0.1) is 0 Å². The van der Waals surface area contributed by atoms with Crippen molar-refractivity contribution >= 4 is 19.8 Å². The third-order valence-electron chi connectivity index (χ3n) is 12.4. The Labute approximate surface area is 425 Å². The van der Waals surface area contributed by atoms with Crippen LogP contribution in [0.1, 0.15) is 271 Å². The lowest BCUT2D eigenvalue weighted by atomic mass is 10.0. The zero-order valence-electron chi connectivity index (χ0n) is 44.8. The number of phosphoric acid groups is 1. The van der Waals surface area contributed by atoms with E-state index >= 15 is 0 Å². The Bertz CT molecular complexity index is 1310. The molecule has 2 unspecified atom stereocenters. The number of nitrogens with two attached hydrogens (primary N) is 1. The van der Waals surface area contributed by atoms with Crippen molar-refractivity contribution in [2.24, 2.45) is 5.73 Å². The molecule has 0 rings (SSSR count). The third kappa shape index (κ3) is 54.9. The number of phosphoric ester groups is 1. The van der Waals surface area contributed by atoms with Crippen LogP contribution in [0.3, 0.4) is 0 Å². The fourth-order valence-corrected chi connectivity index (χ4v) is 8.85. The topological polar surface area (TPSA) is 134 Å². The maximum absolute atomic E-state index is 12.7. The monoisotopic (exact) mass is 990 g/mol. The maximum Gasteiger partial charge on any atom is 0.472 e. The number of allylic oxidation sites excluding steroid dienone is 10. The summed E-state index contributed by atoms with van der Waals surface area (Å²) in [4.78, 5) is 35.1. The minimum atomic E-state index is -4.39. The van der Waals surface area contributed by atoms with Gasteiger partial charge in [0, 0.05) is 19.4 Å². The number of hydrogen-bond acceptors (Lipinski definition) is 8. The fraction of sp³-hybridized carbons (Fsp3) is 0.797. The largest absolute Gasteiger partial charge is 0.472 e. The van der Waals surface area contributed by atoms with E-state index in [1.807, 2.05) is 0 Å². The first-order valence-corrected chi connectivity index (χ1v) is 30.3. The Balaban J connectivity index is 3.93. The summed E-state index contributed by atoms with van der Waals surface area (Å²) < 4.78 is 33.0. The van der Waals surface area contributed by atoms with E-state index in [2.05, 4.69) is 74.6 Å². The van der Waals surface area contributed by atoms with Gasteiger partial charge in [0.2, 0.25) is 0 Å². The molecule has 0 radical (unpaired) electrons. The van der Waals surface area contributed by atoms with Gasteiger partial charge in [0.1, 0.15) is 6.61 Å². The number of esters is 2. The summed E-state index contributed by atoms with van der Waals surface area (Å²) in [6, 6.07) is 0. The summed E-state index contributed by atoms with van der Waals surface area (Å²) in [5.41, 5.74) is 5.38. The lowest BCUT2D eigenvalue weighted by Gasteiger charge is -2.19. The van der Waals surface area contributed by atoms with Crippen molar-refractivity contribution < 1.29 is 37.6 Å². The lowest BCUT2D eigenvalue weighted by molar-refractivity contribution is -0.161. The van der Waals surface area contributed by atoms with Crippen LogP contribution >= 0.6 is 7.82 Å². The molecule has 0 aromatic carbocycles. The zero-order valence-corrected chi connectivity index (χ0v) is 45.7. The summed E-state index contributed by atoms with van der Waals surface area (Å²) in [5.74, 6) is -0.830. The van der Waals surface area contributed by atoms with Crippen LogP contribution in [0.2, 0.25) is 0 Å². The molecule has 0 saturated heterocycles. The highest BCUT2D eigenvalue weighted by atomic mass is 31.2. The average molecular weight is 990 g/mol. The molecule has 0 fully saturated rings. The molecule has 0 aliphatic rings. The van der Waals surface area contributed by atoms with Crippen LogP contribution in [-0.2, 0) is 32.7 Å². The van der Waals surface area contributed by atoms with Crippen molar-refractivity contribution in [1.29, 1.82) is 0 Å². The van der Waals surface area contributed by atoms with E-state index in [0.717, 1.165) is 70.6 Å². The van der Waals surface area contributed by atoms with Gasteiger partial charge in [-0.3, -0.25) is 18.6 Å². The first kappa shape index (κ1) is 66.7. The van der Waals surface area contributed by atoms with Crippen LogP contribution < -0.4 is 5.73 Å². The Morgan fingerprint density at radius 2 is 0.754 bits per heavy atom. The predicted octanol–water partition coefficient (Wildman–Crippen LogP) is 18.0. The van der Waals surface area contributed by atoms with E-state index in [9.17, 15) is 19.0 Å². The zero-order chi connectivity index (χ0) is 50.2. The van der Waals surface area contributed by atoms with Crippen LogP contribution in [-0.4, -0.2) is 49.3 Å². The standard InChI is InChI=1S/C59H108NO8P/c1-3-5-7-9-11-13-15-17-19-21-22-23-24-25-26-27-28-29-30-31-32-33-34-36-38-40-42-44-46-48-50-52-59(62)68-57(56-67-69(63,64)66-54-53-60)55-65-58(61)51-49-47-45-43-41-39-37-35-20-18-16-14-12-10-8-6-4-2/h12,14-15,17-18,20-22,24-25,57H,3-11,13,16,19,23,26-56,60H2,1-2H3,(H,63,64)/b14-12-,17-15-,20-18-,22-21-,25-24-. The molecule has 0 bridgehead atoms. The second kappa shape index (κ2) is 55.0. The number of ether oxygens (including phenoxy) is 2. The molecule has 0 aliphatic heterocycles. The Hall–Kier alpha value is -2.29. The van der Waals surface area contributed by atoms with Crippen LogP contribution in [0.15, 0.2) is 60.8 Å². The summed E-state index contributed by atoms with van der Waals surface area (Å²) >= 11 is 0. The van der Waals surface area contributed by atoms with E-state index in [0.29, 0.717) is 6.42 Å². The molecular formula is C59H108NO8P. The third-order valence-corrected chi connectivity index (χ3v) is 13.4. The summed E-state index contributed by atoms with van der Waals surface area (Å²) in [7, 11) is -4.39. The molecular weight excluding hydrogens is 882 g/mol. The molecule has 0 heterocycles. The summed E-state index contributed by atoms with van der Waals surface area (Å²) in [6.07, 6.45) is 68.5. The number of rotatable bonds is 54. The molecule has 0 saturated carbocycles. The Kier molecular flexibility index (Phi) is 53.2. The van der Waals surface area contributed by atoms with Crippen molar-refractivity contribution in [3.63, 3.8) is 0 Å². The first-order chi connectivity index (χ1) is 33.8. The van der Waals surface area contributed by atoms with Gasteiger partial charge >= 0.3 is 19.8 Å². The van der Waals surface area contributed by atoms with Crippen LogP contribution in [0.25, 0.3) is 0 Å². The van der Waals surface area contributed by atoms with Crippen molar-refractivity contribution in [3.05, 3.63) is 60.8 Å². The van der Waals surface area contributed by atoms with E-state index in [1.54, 1.807) is 0 Å². The van der Waals surface area contributed by atoms with Gasteiger partial charge in [-0.05, 0) is 83.5 Å². The number of unbranched alkanes of at least 4 members (excludes halogenated alkanes) is 31.